The van der Waals surface area contributed by atoms with Gasteiger partial charge in [0.05, 0.1) is 13.0 Å². The molecule has 6 heteroatoms. The van der Waals surface area contributed by atoms with Crippen molar-refractivity contribution in [1.82, 2.24) is 14.8 Å². The predicted molar refractivity (Wildman–Crippen MR) is 113 cm³/mol. The molecular weight excluding hydrogens is 381 g/mol. The molecule has 2 fully saturated rings. The normalized spacial score (nSPS) is 23.9. The first-order chi connectivity index (χ1) is 14.5. The number of carbonyl (C=O) groups is 1. The Morgan fingerprint density at radius 3 is 2.83 bits per heavy atom. The van der Waals surface area contributed by atoms with Crippen molar-refractivity contribution in [3.8, 4) is 0 Å². The average Bonchev–Trinajstić information content (AvgIpc) is 3.40. The van der Waals surface area contributed by atoms with E-state index in [4.69, 9.17) is 0 Å². The van der Waals surface area contributed by atoms with E-state index in [1.807, 2.05) is 11.1 Å². The van der Waals surface area contributed by atoms with Gasteiger partial charge in [0, 0.05) is 49.9 Å². The highest BCUT2D eigenvalue weighted by Crippen LogP contribution is 2.42. The molecule has 156 valence electrons. The van der Waals surface area contributed by atoms with Crippen LogP contribution in [0, 0.1) is 17.2 Å². The molecule has 0 unspecified atom stereocenters. The molecule has 0 aliphatic carbocycles. The Morgan fingerprint density at radius 1 is 1.13 bits per heavy atom. The third kappa shape index (κ3) is 3.50. The number of carbonyl (C=O) groups excluding carboxylic acids is 1. The van der Waals surface area contributed by atoms with E-state index in [2.05, 4.69) is 34.1 Å². The van der Waals surface area contributed by atoms with Crippen molar-refractivity contribution < 1.29 is 14.3 Å². The van der Waals surface area contributed by atoms with Crippen LogP contribution in [0.1, 0.15) is 11.1 Å². The third-order valence-electron chi connectivity index (χ3n) is 6.77. The van der Waals surface area contributed by atoms with Crippen LogP contribution in [-0.2, 0) is 17.8 Å². The number of H-pyrrole nitrogens is 1. The summed E-state index contributed by atoms with van der Waals surface area (Å²) in [4.78, 5) is 20.3. The standard InChI is InChI=1S/C24H26FN3O2/c25-21-3-1-2-17(8-21)10-23(30)28-13-20-12-27(14-24(20,15-28)16-29)11-18-4-5-19-6-7-26-22(19)9-18/h1-9,20,26,29H,10-16H2/t20-,24+/m0/s1. The highest BCUT2D eigenvalue weighted by Gasteiger charge is 2.52. The number of hydrogen-bond acceptors (Lipinski definition) is 3. The quantitative estimate of drug-likeness (QED) is 0.684. The van der Waals surface area contributed by atoms with Crippen molar-refractivity contribution in [2.45, 2.75) is 13.0 Å². The van der Waals surface area contributed by atoms with E-state index in [0.717, 1.165) is 25.2 Å². The van der Waals surface area contributed by atoms with E-state index in [0.29, 0.717) is 18.7 Å². The van der Waals surface area contributed by atoms with Gasteiger partial charge in [-0.3, -0.25) is 9.69 Å². The summed E-state index contributed by atoms with van der Waals surface area (Å²) >= 11 is 0. The molecule has 5 nitrogen and oxygen atoms in total. The Balaban J connectivity index is 1.24. The van der Waals surface area contributed by atoms with Crippen molar-refractivity contribution >= 4 is 16.8 Å². The fourth-order valence-corrected chi connectivity index (χ4v) is 5.21. The molecule has 1 amide bonds. The summed E-state index contributed by atoms with van der Waals surface area (Å²) in [6.07, 6.45) is 2.15. The van der Waals surface area contributed by atoms with Crippen LogP contribution in [0.4, 0.5) is 4.39 Å². The summed E-state index contributed by atoms with van der Waals surface area (Å²) < 4.78 is 13.4. The van der Waals surface area contributed by atoms with Gasteiger partial charge in [0.15, 0.2) is 0 Å². The molecule has 2 saturated heterocycles. The Kier molecular flexibility index (Phi) is 4.83. The first kappa shape index (κ1) is 19.3. The number of aliphatic hydroxyl groups excluding tert-OH is 1. The van der Waals surface area contributed by atoms with Crippen LogP contribution in [0.5, 0.6) is 0 Å². The molecule has 3 heterocycles. The molecule has 30 heavy (non-hydrogen) atoms. The summed E-state index contributed by atoms with van der Waals surface area (Å²) in [5.41, 5.74) is 2.81. The molecule has 0 spiro atoms. The van der Waals surface area contributed by atoms with E-state index in [1.165, 1.54) is 23.1 Å². The van der Waals surface area contributed by atoms with Gasteiger partial charge in [-0.1, -0.05) is 24.3 Å². The maximum absolute atomic E-state index is 13.4. The van der Waals surface area contributed by atoms with Crippen molar-refractivity contribution in [3.63, 3.8) is 0 Å². The number of rotatable bonds is 5. The van der Waals surface area contributed by atoms with E-state index >= 15 is 0 Å². The summed E-state index contributed by atoms with van der Waals surface area (Å²) in [6, 6.07) is 14.8. The van der Waals surface area contributed by atoms with Crippen LogP contribution in [-0.4, -0.2) is 58.6 Å². The first-order valence-corrected chi connectivity index (χ1v) is 10.5. The van der Waals surface area contributed by atoms with Crippen LogP contribution in [0.25, 0.3) is 10.9 Å². The van der Waals surface area contributed by atoms with Gasteiger partial charge in [0.1, 0.15) is 5.82 Å². The second-order valence-corrected chi connectivity index (χ2v) is 8.87. The molecule has 2 atom stereocenters. The monoisotopic (exact) mass is 407 g/mol. The third-order valence-corrected chi connectivity index (χ3v) is 6.77. The molecule has 3 aromatic rings. The number of halogens is 1. The summed E-state index contributed by atoms with van der Waals surface area (Å²) in [6.45, 7) is 3.78. The molecule has 2 aromatic carbocycles. The van der Waals surface area contributed by atoms with Gasteiger partial charge in [0.2, 0.25) is 5.91 Å². The van der Waals surface area contributed by atoms with Gasteiger partial charge in [-0.15, -0.1) is 0 Å². The van der Waals surface area contributed by atoms with E-state index in [9.17, 15) is 14.3 Å². The number of benzene rings is 2. The predicted octanol–water partition coefficient (Wildman–Crippen LogP) is 2.80. The second kappa shape index (κ2) is 7.52. The van der Waals surface area contributed by atoms with Crippen molar-refractivity contribution in [1.29, 1.82) is 0 Å². The summed E-state index contributed by atoms with van der Waals surface area (Å²) in [7, 11) is 0. The molecule has 5 rings (SSSR count). The zero-order valence-electron chi connectivity index (χ0n) is 16.9. The number of amides is 1. The fraction of sp³-hybridized carbons (Fsp3) is 0.375. The molecule has 0 bridgehead atoms. The topological polar surface area (TPSA) is 59.6 Å². The maximum Gasteiger partial charge on any atom is 0.227 e. The van der Waals surface area contributed by atoms with Gasteiger partial charge in [-0.05, 0) is 46.7 Å². The first-order valence-electron chi connectivity index (χ1n) is 10.5. The minimum absolute atomic E-state index is 0.00608. The largest absolute Gasteiger partial charge is 0.396 e. The maximum atomic E-state index is 13.4. The lowest BCUT2D eigenvalue weighted by Gasteiger charge is -2.27. The Bertz CT molecular complexity index is 1080. The van der Waals surface area contributed by atoms with Crippen molar-refractivity contribution in [3.05, 3.63) is 71.7 Å². The number of likely N-dealkylation sites (tertiary alicyclic amines) is 2. The number of aliphatic hydroxyl groups is 1. The molecule has 2 aliphatic heterocycles. The smallest absolute Gasteiger partial charge is 0.227 e. The highest BCUT2D eigenvalue weighted by atomic mass is 19.1. The Hall–Kier alpha value is -2.70. The van der Waals surface area contributed by atoms with Crippen molar-refractivity contribution in [2.24, 2.45) is 11.3 Å². The highest BCUT2D eigenvalue weighted by molar-refractivity contribution is 5.80. The van der Waals surface area contributed by atoms with Gasteiger partial charge < -0.3 is 15.0 Å². The Labute approximate surface area is 175 Å². The molecule has 0 radical (unpaired) electrons. The molecular formula is C24H26FN3O2. The Morgan fingerprint density at radius 2 is 2.03 bits per heavy atom. The SMILES string of the molecule is O=C(Cc1cccc(F)c1)N1C[C@@H]2CN(Cc3ccc4cc[nH]c4c3)C[C@]2(CO)C1. The van der Waals surface area contributed by atoms with Crippen LogP contribution in [0.15, 0.2) is 54.7 Å². The fourth-order valence-electron chi connectivity index (χ4n) is 5.21. The van der Waals surface area contributed by atoms with E-state index < -0.39 is 0 Å². The van der Waals surface area contributed by atoms with Crippen LogP contribution >= 0.6 is 0 Å². The number of aromatic nitrogens is 1. The minimum Gasteiger partial charge on any atom is -0.396 e. The van der Waals surface area contributed by atoms with Crippen LogP contribution in [0.3, 0.4) is 0 Å². The second-order valence-electron chi connectivity index (χ2n) is 8.87. The van der Waals surface area contributed by atoms with E-state index in [-0.39, 0.29) is 36.1 Å². The summed E-state index contributed by atoms with van der Waals surface area (Å²) in [5.74, 6) is -0.0571. The number of fused-ring (bicyclic) bond motifs is 2. The lowest BCUT2D eigenvalue weighted by molar-refractivity contribution is -0.130. The summed E-state index contributed by atoms with van der Waals surface area (Å²) in [5, 5.41) is 11.4. The zero-order chi connectivity index (χ0) is 20.7. The van der Waals surface area contributed by atoms with Gasteiger partial charge in [-0.25, -0.2) is 4.39 Å². The lowest BCUT2D eigenvalue weighted by atomic mass is 9.82. The van der Waals surface area contributed by atoms with Crippen molar-refractivity contribution in [2.75, 3.05) is 32.8 Å². The number of hydrogen-bond donors (Lipinski definition) is 2. The van der Waals surface area contributed by atoms with Crippen LogP contribution in [0.2, 0.25) is 0 Å². The number of nitrogens with zero attached hydrogens (tertiary/aromatic N) is 2. The lowest BCUT2D eigenvalue weighted by Crippen LogP contribution is -2.39. The molecule has 0 saturated carbocycles. The number of aromatic amines is 1. The number of nitrogens with one attached hydrogen (secondary N) is 1. The average molecular weight is 407 g/mol. The molecule has 1 aromatic heterocycles. The van der Waals surface area contributed by atoms with Gasteiger partial charge in [0.25, 0.3) is 0 Å². The zero-order valence-corrected chi connectivity index (χ0v) is 16.9. The van der Waals surface area contributed by atoms with Gasteiger partial charge >= 0.3 is 0 Å². The van der Waals surface area contributed by atoms with Gasteiger partial charge in [-0.2, -0.15) is 0 Å². The minimum atomic E-state index is -0.321. The molecule has 2 aliphatic rings. The van der Waals surface area contributed by atoms with Crippen LogP contribution < -0.4 is 0 Å². The molecule has 2 N–H and O–H groups in total. The van der Waals surface area contributed by atoms with E-state index in [1.54, 1.807) is 12.1 Å².